The third-order valence-corrected chi connectivity index (χ3v) is 5.82. The number of Topliss-reactive ketones (excluding diaryl/α,β-unsaturated/α-hetero) is 1. The minimum absolute atomic E-state index is 0.00955. The van der Waals surface area contributed by atoms with E-state index in [9.17, 15) is 9.18 Å². The first-order chi connectivity index (χ1) is 14.0. The second kappa shape index (κ2) is 6.78. The summed E-state index contributed by atoms with van der Waals surface area (Å²) in [5.41, 5.74) is 5.88. The Hall–Kier alpha value is -3.05. The molecule has 1 aliphatic rings. The van der Waals surface area contributed by atoms with Gasteiger partial charge in [-0.3, -0.25) is 4.79 Å². The van der Waals surface area contributed by atoms with Crippen LogP contribution in [0.4, 0.5) is 4.39 Å². The number of ketones is 1. The van der Waals surface area contributed by atoms with Crippen LogP contribution in [0, 0.1) is 12.7 Å². The van der Waals surface area contributed by atoms with Crippen molar-refractivity contribution in [3.8, 4) is 11.1 Å². The first-order valence-electron chi connectivity index (χ1n) is 9.43. The molecule has 0 saturated carbocycles. The maximum absolute atomic E-state index is 13.3. The van der Waals surface area contributed by atoms with E-state index in [-0.39, 0.29) is 17.5 Å². The van der Waals surface area contributed by atoms with Crippen molar-refractivity contribution in [2.75, 3.05) is 0 Å². The Labute approximate surface area is 172 Å². The van der Waals surface area contributed by atoms with Crippen molar-refractivity contribution in [3.63, 3.8) is 0 Å². The highest BCUT2D eigenvalue weighted by molar-refractivity contribution is 6.30. The van der Waals surface area contributed by atoms with Crippen molar-refractivity contribution in [2.45, 2.75) is 25.7 Å². The van der Waals surface area contributed by atoms with E-state index >= 15 is 0 Å². The largest absolute Gasteiger partial charge is 0.294 e. The van der Waals surface area contributed by atoms with Crippen molar-refractivity contribution in [1.29, 1.82) is 0 Å². The molecule has 0 N–H and O–H groups in total. The Balaban J connectivity index is 1.65. The van der Waals surface area contributed by atoms with E-state index in [4.69, 9.17) is 16.7 Å². The molecule has 0 spiro atoms. The van der Waals surface area contributed by atoms with E-state index in [1.54, 1.807) is 22.8 Å². The fraction of sp³-hybridized carbons (Fsp3) is 0.174. The van der Waals surface area contributed by atoms with E-state index in [0.717, 1.165) is 33.7 Å². The molecule has 2 aromatic carbocycles. The van der Waals surface area contributed by atoms with Crippen LogP contribution in [-0.2, 0) is 6.42 Å². The molecule has 0 amide bonds. The molecule has 0 fully saturated rings. The third kappa shape index (κ3) is 3.02. The standard InChI is InChI=1S/C23H17ClFN3O/c1-13-22(15-2-6-17(24)7-3-15)23-26-12-19-20(28(23)27-13)10-16(11-21(19)29)14-4-8-18(25)9-5-14/h2-9,12,16H,10-11H2,1H3. The van der Waals surface area contributed by atoms with Crippen LogP contribution in [0.1, 0.15) is 39.6 Å². The molecule has 1 aliphatic carbocycles. The maximum Gasteiger partial charge on any atom is 0.166 e. The number of carbonyl (C=O) groups is 1. The predicted molar refractivity (Wildman–Crippen MR) is 110 cm³/mol. The van der Waals surface area contributed by atoms with Gasteiger partial charge in [-0.15, -0.1) is 0 Å². The first kappa shape index (κ1) is 18.0. The molecular weight excluding hydrogens is 389 g/mol. The van der Waals surface area contributed by atoms with Crippen LogP contribution in [0.15, 0.2) is 54.7 Å². The van der Waals surface area contributed by atoms with Crippen LogP contribution in [-0.4, -0.2) is 20.4 Å². The zero-order valence-electron chi connectivity index (χ0n) is 15.7. The van der Waals surface area contributed by atoms with Gasteiger partial charge in [0, 0.05) is 23.2 Å². The SMILES string of the molecule is Cc1nn2c3c(cnc2c1-c1ccc(Cl)cc1)C(=O)CC(c1ccc(F)cc1)C3. The Bertz CT molecular complexity index is 1250. The van der Waals surface area contributed by atoms with E-state index < -0.39 is 0 Å². The molecule has 0 aliphatic heterocycles. The minimum atomic E-state index is -0.279. The predicted octanol–water partition coefficient (Wildman–Crippen LogP) is 5.41. The van der Waals surface area contributed by atoms with Crippen molar-refractivity contribution in [2.24, 2.45) is 0 Å². The lowest BCUT2D eigenvalue weighted by atomic mass is 9.82. The fourth-order valence-corrected chi connectivity index (χ4v) is 4.26. The van der Waals surface area contributed by atoms with Gasteiger partial charge in [-0.1, -0.05) is 35.9 Å². The van der Waals surface area contributed by atoms with Gasteiger partial charge in [0.05, 0.1) is 17.0 Å². The molecule has 6 heteroatoms. The summed E-state index contributed by atoms with van der Waals surface area (Å²) >= 11 is 6.03. The van der Waals surface area contributed by atoms with Crippen molar-refractivity contribution < 1.29 is 9.18 Å². The average molecular weight is 406 g/mol. The molecule has 5 rings (SSSR count). The van der Waals surface area contributed by atoms with E-state index in [1.807, 2.05) is 31.2 Å². The normalized spacial score (nSPS) is 16.2. The van der Waals surface area contributed by atoms with Gasteiger partial charge >= 0.3 is 0 Å². The number of fused-ring (bicyclic) bond motifs is 3. The Morgan fingerprint density at radius 3 is 2.52 bits per heavy atom. The summed E-state index contributed by atoms with van der Waals surface area (Å²) < 4.78 is 15.1. The number of halogens is 2. The van der Waals surface area contributed by atoms with Gasteiger partial charge in [0.1, 0.15) is 5.82 Å². The van der Waals surface area contributed by atoms with E-state index in [0.29, 0.717) is 23.4 Å². The van der Waals surface area contributed by atoms with Crippen LogP contribution >= 0.6 is 11.6 Å². The molecule has 4 aromatic rings. The molecule has 4 nitrogen and oxygen atoms in total. The Kier molecular flexibility index (Phi) is 4.21. The zero-order chi connectivity index (χ0) is 20.1. The number of benzene rings is 2. The number of aryl methyl sites for hydroxylation is 1. The quantitative estimate of drug-likeness (QED) is 0.448. The summed E-state index contributed by atoms with van der Waals surface area (Å²) in [5.74, 6) is -0.251. The molecule has 0 bridgehead atoms. The molecule has 1 atom stereocenters. The van der Waals surface area contributed by atoms with Gasteiger partial charge in [0.25, 0.3) is 0 Å². The monoisotopic (exact) mass is 405 g/mol. The van der Waals surface area contributed by atoms with Crippen molar-refractivity contribution in [3.05, 3.63) is 88.1 Å². The highest BCUT2D eigenvalue weighted by Gasteiger charge is 2.30. The first-order valence-corrected chi connectivity index (χ1v) is 9.81. The van der Waals surface area contributed by atoms with Crippen LogP contribution < -0.4 is 0 Å². The molecular formula is C23H17ClFN3O. The van der Waals surface area contributed by atoms with Crippen LogP contribution in [0.2, 0.25) is 5.02 Å². The van der Waals surface area contributed by atoms with Gasteiger partial charge in [0.2, 0.25) is 0 Å². The molecule has 0 saturated heterocycles. The van der Waals surface area contributed by atoms with Gasteiger partial charge < -0.3 is 0 Å². The van der Waals surface area contributed by atoms with Gasteiger partial charge in [-0.2, -0.15) is 5.10 Å². The number of hydrogen-bond acceptors (Lipinski definition) is 3. The smallest absolute Gasteiger partial charge is 0.166 e. The summed E-state index contributed by atoms with van der Waals surface area (Å²) in [6.07, 6.45) is 2.69. The zero-order valence-corrected chi connectivity index (χ0v) is 16.4. The highest BCUT2D eigenvalue weighted by atomic mass is 35.5. The molecule has 1 unspecified atom stereocenters. The maximum atomic E-state index is 13.3. The van der Waals surface area contributed by atoms with Crippen LogP contribution in [0.3, 0.4) is 0 Å². The summed E-state index contributed by atoms with van der Waals surface area (Å²) in [7, 11) is 0. The van der Waals surface area contributed by atoms with Crippen molar-refractivity contribution in [1.82, 2.24) is 14.6 Å². The highest BCUT2D eigenvalue weighted by Crippen LogP contribution is 2.35. The van der Waals surface area contributed by atoms with E-state index in [1.165, 1.54) is 12.1 Å². The van der Waals surface area contributed by atoms with Gasteiger partial charge in [0.15, 0.2) is 11.4 Å². The van der Waals surface area contributed by atoms with Gasteiger partial charge in [-0.05, 0) is 54.7 Å². The summed E-state index contributed by atoms with van der Waals surface area (Å²) in [4.78, 5) is 17.4. The fourth-order valence-electron chi connectivity index (χ4n) is 4.13. The Morgan fingerprint density at radius 2 is 1.79 bits per heavy atom. The minimum Gasteiger partial charge on any atom is -0.294 e. The molecule has 29 heavy (non-hydrogen) atoms. The number of aromatic nitrogens is 3. The lowest BCUT2D eigenvalue weighted by Crippen LogP contribution is -2.22. The topological polar surface area (TPSA) is 47.3 Å². The molecule has 0 radical (unpaired) electrons. The Morgan fingerprint density at radius 1 is 1.07 bits per heavy atom. The lowest BCUT2D eigenvalue weighted by Gasteiger charge is -2.24. The third-order valence-electron chi connectivity index (χ3n) is 5.56. The van der Waals surface area contributed by atoms with Crippen LogP contribution in [0.5, 0.6) is 0 Å². The average Bonchev–Trinajstić information content (AvgIpc) is 3.05. The molecule has 2 aromatic heterocycles. The number of carbonyl (C=O) groups excluding carboxylic acids is 1. The number of hydrogen-bond donors (Lipinski definition) is 0. The van der Waals surface area contributed by atoms with E-state index in [2.05, 4.69) is 4.98 Å². The molecule has 144 valence electrons. The number of rotatable bonds is 2. The van der Waals surface area contributed by atoms with Gasteiger partial charge in [-0.25, -0.2) is 13.9 Å². The number of nitrogens with zero attached hydrogens (tertiary/aromatic N) is 3. The summed E-state index contributed by atoms with van der Waals surface area (Å²) in [5, 5.41) is 5.38. The lowest BCUT2D eigenvalue weighted by molar-refractivity contribution is 0.0962. The van der Waals surface area contributed by atoms with Crippen molar-refractivity contribution >= 4 is 23.0 Å². The summed E-state index contributed by atoms with van der Waals surface area (Å²) in [6, 6.07) is 14.0. The summed E-state index contributed by atoms with van der Waals surface area (Å²) in [6.45, 7) is 1.94. The molecule has 2 heterocycles. The second-order valence-electron chi connectivity index (χ2n) is 7.40. The second-order valence-corrected chi connectivity index (χ2v) is 7.84. The van der Waals surface area contributed by atoms with Crippen LogP contribution in [0.25, 0.3) is 16.8 Å².